The van der Waals surface area contributed by atoms with Gasteiger partial charge in [-0.15, -0.1) is 0 Å². The first kappa shape index (κ1) is 26.6. The van der Waals surface area contributed by atoms with E-state index in [1.165, 1.54) is 21.8 Å². The molecule has 0 fully saturated rings. The van der Waals surface area contributed by atoms with Crippen molar-refractivity contribution in [3.8, 4) is 22.9 Å². The van der Waals surface area contributed by atoms with Gasteiger partial charge < -0.3 is 8.98 Å². The quantitative estimate of drug-likeness (QED) is 0.196. The summed E-state index contributed by atoms with van der Waals surface area (Å²) in [6, 6.07) is 47.2. The number of aromatic nitrogens is 4. The van der Waals surface area contributed by atoms with Gasteiger partial charge in [-0.1, -0.05) is 97.1 Å². The van der Waals surface area contributed by atoms with Crippen LogP contribution in [-0.2, 0) is 0 Å². The molecule has 1 aliphatic carbocycles. The zero-order chi connectivity index (χ0) is 32.1. The molecule has 0 amide bonds. The van der Waals surface area contributed by atoms with E-state index in [9.17, 15) is 0 Å². The van der Waals surface area contributed by atoms with Gasteiger partial charge in [-0.3, -0.25) is 4.57 Å². The summed E-state index contributed by atoms with van der Waals surface area (Å²) < 4.78 is 11.3. The first-order valence-electron chi connectivity index (χ1n) is 16.8. The Morgan fingerprint density at radius 3 is 2.00 bits per heavy atom. The molecule has 4 heterocycles. The fourth-order valence-corrected chi connectivity index (χ4v) is 8.02. The molecule has 1 aliphatic rings. The van der Waals surface area contributed by atoms with Gasteiger partial charge in [-0.05, 0) is 61.4 Å². The van der Waals surface area contributed by atoms with Gasteiger partial charge in [0.25, 0.3) is 0 Å². The molecule has 0 aliphatic heterocycles. The fraction of sp³-hybridized carbons (Fsp3) is 0.0455. The SMILES string of the molecule is C1=c2nc(-n3c4ccc(-n5c6ccccc6c6ccccc65)cc4c4c5oc6ccccc6c5ccc43)nc(-c3ccccc3)c2=CCC1. The molecule has 10 aromatic rings. The van der Waals surface area contributed by atoms with Crippen LogP contribution in [0.3, 0.4) is 0 Å². The normalized spacial score (nSPS) is 13.1. The molecule has 5 heteroatoms. The number of hydrogen-bond donors (Lipinski definition) is 0. The number of nitrogens with zero attached hydrogens (tertiary/aromatic N) is 4. The van der Waals surface area contributed by atoms with Crippen LogP contribution in [0.15, 0.2) is 138 Å². The van der Waals surface area contributed by atoms with Crippen molar-refractivity contribution in [1.29, 1.82) is 0 Å². The highest BCUT2D eigenvalue weighted by Crippen LogP contribution is 2.41. The molecule has 0 atom stereocenters. The van der Waals surface area contributed by atoms with E-state index < -0.39 is 0 Å². The van der Waals surface area contributed by atoms with Gasteiger partial charge in [0, 0.05) is 43.4 Å². The summed E-state index contributed by atoms with van der Waals surface area (Å²) >= 11 is 0. The van der Waals surface area contributed by atoms with Gasteiger partial charge in [0.2, 0.25) is 5.95 Å². The molecular formula is C44H28N4O. The summed E-state index contributed by atoms with van der Waals surface area (Å²) in [7, 11) is 0. The molecule has 11 rings (SSSR count). The van der Waals surface area contributed by atoms with E-state index in [1.807, 2.05) is 12.1 Å². The monoisotopic (exact) mass is 628 g/mol. The summed E-state index contributed by atoms with van der Waals surface area (Å²) in [5, 5.41) is 8.94. The van der Waals surface area contributed by atoms with Crippen LogP contribution in [0, 0.1) is 0 Å². The van der Waals surface area contributed by atoms with Crippen molar-refractivity contribution >= 4 is 77.7 Å². The Morgan fingerprint density at radius 2 is 1.18 bits per heavy atom. The largest absolute Gasteiger partial charge is 0.455 e. The van der Waals surface area contributed by atoms with E-state index in [0.717, 1.165) is 84.1 Å². The molecule has 0 N–H and O–H groups in total. The zero-order valence-corrected chi connectivity index (χ0v) is 26.5. The van der Waals surface area contributed by atoms with Gasteiger partial charge in [-0.2, -0.15) is 0 Å². The van der Waals surface area contributed by atoms with Gasteiger partial charge in [0.15, 0.2) is 0 Å². The summed E-state index contributed by atoms with van der Waals surface area (Å²) in [5.74, 6) is 0.657. The Bertz CT molecular complexity index is 3050. The number of furan rings is 1. The van der Waals surface area contributed by atoms with Gasteiger partial charge >= 0.3 is 0 Å². The van der Waals surface area contributed by atoms with Crippen LogP contribution in [0.5, 0.6) is 0 Å². The maximum atomic E-state index is 6.71. The minimum absolute atomic E-state index is 0.657. The molecule has 49 heavy (non-hydrogen) atoms. The van der Waals surface area contributed by atoms with Gasteiger partial charge in [0.05, 0.1) is 38.5 Å². The molecule has 5 nitrogen and oxygen atoms in total. The molecule has 0 saturated heterocycles. The maximum Gasteiger partial charge on any atom is 0.235 e. The highest BCUT2D eigenvalue weighted by atomic mass is 16.3. The average Bonchev–Trinajstić information content (AvgIpc) is 3.82. The summed E-state index contributed by atoms with van der Waals surface area (Å²) in [6.45, 7) is 0. The van der Waals surface area contributed by atoms with Crippen molar-refractivity contribution in [3.63, 3.8) is 0 Å². The summed E-state index contributed by atoms with van der Waals surface area (Å²) in [5.41, 5.74) is 9.30. The maximum absolute atomic E-state index is 6.71. The lowest BCUT2D eigenvalue weighted by atomic mass is 10.1. The first-order chi connectivity index (χ1) is 24.3. The van der Waals surface area contributed by atoms with E-state index in [0.29, 0.717) is 5.95 Å². The van der Waals surface area contributed by atoms with E-state index in [1.54, 1.807) is 0 Å². The Labute approximate surface area is 280 Å². The molecule has 6 aromatic carbocycles. The Morgan fingerprint density at radius 1 is 0.510 bits per heavy atom. The third-order valence-electron chi connectivity index (χ3n) is 10.2. The van der Waals surface area contributed by atoms with Crippen LogP contribution in [0.25, 0.3) is 101 Å². The Balaban J connectivity index is 1.28. The number of fused-ring (bicyclic) bond motifs is 11. The molecule has 0 bridgehead atoms. The topological polar surface area (TPSA) is 48.8 Å². The third kappa shape index (κ3) is 3.75. The van der Waals surface area contributed by atoms with E-state index >= 15 is 0 Å². The van der Waals surface area contributed by atoms with Gasteiger partial charge in [-0.25, -0.2) is 9.97 Å². The van der Waals surface area contributed by atoms with Crippen LogP contribution in [0.2, 0.25) is 0 Å². The smallest absolute Gasteiger partial charge is 0.235 e. The standard InChI is InChI=1S/C44H28N4O/c1-2-12-27(13-3-1)42-33-17-4-8-18-35(33)45-44(46-42)48-38-24-22-28(47-36-19-9-5-14-29(36)30-15-6-10-20-37(30)47)26-34(38)41-39(48)25-23-32-31-16-7-11-21-40(31)49-43(32)41/h1-3,5-7,9-26H,4,8H2. The second kappa shape index (κ2) is 10.0. The van der Waals surface area contributed by atoms with E-state index in [2.05, 4.69) is 143 Å². The molecule has 230 valence electrons. The second-order valence-electron chi connectivity index (χ2n) is 12.9. The lowest BCUT2D eigenvalue weighted by Gasteiger charge is -2.12. The minimum Gasteiger partial charge on any atom is -0.455 e. The molecule has 0 unspecified atom stereocenters. The van der Waals surface area contributed by atoms with Crippen LogP contribution < -0.4 is 10.6 Å². The van der Waals surface area contributed by atoms with Gasteiger partial charge in [0.1, 0.15) is 11.2 Å². The highest BCUT2D eigenvalue weighted by molar-refractivity contribution is 6.24. The van der Waals surface area contributed by atoms with Crippen LogP contribution >= 0.6 is 0 Å². The number of benzene rings is 6. The molecule has 0 radical (unpaired) electrons. The summed E-state index contributed by atoms with van der Waals surface area (Å²) in [4.78, 5) is 10.6. The van der Waals surface area contributed by atoms with Crippen LogP contribution in [0.4, 0.5) is 0 Å². The fourth-order valence-electron chi connectivity index (χ4n) is 8.02. The lowest BCUT2D eigenvalue weighted by Crippen LogP contribution is -2.34. The zero-order valence-electron chi connectivity index (χ0n) is 26.5. The Hall–Kier alpha value is -6.46. The lowest BCUT2D eigenvalue weighted by molar-refractivity contribution is 0.673. The molecule has 0 spiro atoms. The number of para-hydroxylation sites is 3. The minimum atomic E-state index is 0.657. The average molecular weight is 629 g/mol. The van der Waals surface area contributed by atoms with E-state index in [-0.39, 0.29) is 0 Å². The highest BCUT2D eigenvalue weighted by Gasteiger charge is 2.22. The predicted molar refractivity (Wildman–Crippen MR) is 201 cm³/mol. The second-order valence-corrected chi connectivity index (χ2v) is 12.9. The third-order valence-corrected chi connectivity index (χ3v) is 10.2. The van der Waals surface area contributed by atoms with Crippen molar-refractivity contribution in [2.45, 2.75) is 12.8 Å². The molecular weight excluding hydrogens is 601 g/mol. The van der Waals surface area contributed by atoms with E-state index in [4.69, 9.17) is 14.4 Å². The van der Waals surface area contributed by atoms with Crippen LogP contribution in [-0.4, -0.2) is 19.1 Å². The Kier molecular flexibility index (Phi) is 5.44. The predicted octanol–water partition coefficient (Wildman–Crippen LogP) is 9.59. The summed E-state index contributed by atoms with van der Waals surface area (Å²) in [6.07, 6.45) is 6.48. The van der Waals surface area contributed by atoms with Crippen molar-refractivity contribution in [1.82, 2.24) is 19.1 Å². The van der Waals surface area contributed by atoms with Crippen LogP contribution in [0.1, 0.15) is 12.8 Å². The van der Waals surface area contributed by atoms with Crippen molar-refractivity contribution in [2.75, 3.05) is 0 Å². The van der Waals surface area contributed by atoms with Crippen molar-refractivity contribution in [3.05, 3.63) is 144 Å². The molecule has 0 saturated carbocycles. The van der Waals surface area contributed by atoms with Crippen molar-refractivity contribution in [2.24, 2.45) is 0 Å². The number of hydrogen-bond acceptors (Lipinski definition) is 3. The van der Waals surface area contributed by atoms with Crippen molar-refractivity contribution < 1.29 is 4.42 Å². The first-order valence-corrected chi connectivity index (χ1v) is 16.8. The number of rotatable bonds is 3. The molecule has 4 aromatic heterocycles.